The largest absolute Gasteiger partial charge is 0.389 e. The van der Waals surface area contributed by atoms with Crippen LogP contribution in [0, 0.1) is 17.8 Å². The normalized spacial score (nSPS) is 27.7. The van der Waals surface area contributed by atoms with Gasteiger partial charge in [0, 0.05) is 18.5 Å². The molecule has 2 N–H and O–H groups in total. The van der Waals surface area contributed by atoms with Gasteiger partial charge in [-0.1, -0.05) is 24.4 Å². The molecule has 0 aliphatic heterocycles. The summed E-state index contributed by atoms with van der Waals surface area (Å²) in [4.78, 5) is 14.6. The van der Waals surface area contributed by atoms with E-state index in [1.54, 1.807) is 4.90 Å². The molecule has 0 radical (unpaired) electrons. The predicted octanol–water partition coefficient (Wildman–Crippen LogP) is 2.33. The summed E-state index contributed by atoms with van der Waals surface area (Å²) in [6.45, 7) is 0. The Morgan fingerprint density at radius 2 is 1.89 bits per heavy atom. The SMILES string of the molecule is CN(C(=O)C1CC2CC2C1)c1ccccc1C(N)=S. The number of hydrogen-bond donors (Lipinski definition) is 1. The molecule has 2 unspecified atom stereocenters. The fourth-order valence-electron chi connectivity index (χ4n) is 3.28. The topological polar surface area (TPSA) is 46.3 Å². The molecule has 1 amide bonds. The van der Waals surface area contributed by atoms with Gasteiger partial charge in [-0.2, -0.15) is 0 Å². The van der Waals surface area contributed by atoms with Crippen LogP contribution in [0.15, 0.2) is 24.3 Å². The van der Waals surface area contributed by atoms with Gasteiger partial charge in [-0.05, 0) is 43.2 Å². The standard InChI is InChI=1S/C15H18N2OS/c1-17(13-5-3-2-4-12(13)14(16)19)15(18)11-7-9-6-10(9)8-11/h2-5,9-11H,6-8H2,1H3,(H2,16,19). The number of nitrogens with zero attached hydrogens (tertiary/aromatic N) is 1. The number of thiocarbonyl (C=S) groups is 1. The molecule has 2 fully saturated rings. The van der Waals surface area contributed by atoms with Gasteiger partial charge in [-0.25, -0.2) is 0 Å². The molecule has 100 valence electrons. The molecule has 2 atom stereocenters. The maximum Gasteiger partial charge on any atom is 0.229 e. The average Bonchev–Trinajstić information content (AvgIpc) is 3.03. The number of fused-ring (bicyclic) bond motifs is 1. The summed E-state index contributed by atoms with van der Waals surface area (Å²) in [6.07, 6.45) is 3.45. The lowest BCUT2D eigenvalue weighted by atomic mass is 10.0. The van der Waals surface area contributed by atoms with Gasteiger partial charge >= 0.3 is 0 Å². The molecule has 4 heteroatoms. The van der Waals surface area contributed by atoms with Gasteiger partial charge in [0.2, 0.25) is 5.91 Å². The highest BCUT2D eigenvalue weighted by molar-refractivity contribution is 7.80. The Morgan fingerprint density at radius 3 is 2.53 bits per heavy atom. The van der Waals surface area contributed by atoms with Crippen LogP contribution in [0.25, 0.3) is 0 Å². The van der Waals surface area contributed by atoms with Crippen LogP contribution in [0.4, 0.5) is 5.69 Å². The maximum absolute atomic E-state index is 12.5. The molecular weight excluding hydrogens is 256 g/mol. The molecule has 3 nitrogen and oxygen atoms in total. The maximum atomic E-state index is 12.5. The van der Waals surface area contributed by atoms with Gasteiger partial charge in [0.1, 0.15) is 4.99 Å². The van der Waals surface area contributed by atoms with Gasteiger partial charge < -0.3 is 10.6 Å². The van der Waals surface area contributed by atoms with E-state index < -0.39 is 0 Å². The van der Waals surface area contributed by atoms with Crippen molar-refractivity contribution >= 4 is 28.8 Å². The number of rotatable bonds is 3. The second-order valence-electron chi connectivity index (χ2n) is 5.70. The second-order valence-corrected chi connectivity index (χ2v) is 6.14. The molecule has 2 saturated carbocycles. The number of carbonyl (C=O) groups is 1. The van der Waals surface area contributed by atoms with Gasteiger partial charge in [-0.15, -0.1) is 0 Å². The Morgan fingerprint density at radius 1 is 1.26 bits per heavy atom. The quantitative estimate of drug-likeness (QED) is 0.861. The molecule has 1 aromatic carbocycles. The third kappa shape index (κ3) is 2.25. The van der Waals surface area contributed by atoms with E-state index >= 15 is 0 Å². The number of benzene rings is 1. The summed E-state index contributed by atoms with van der Waals surface area (Å²) in [5.41, 5.74) is 7.32. The van der Waals surface area contributed by atoms with Crippen LogP contribution in [-0.2, 0) is 4.79 Å². The Bertz CT molecular complexity index is 533. The first-order valence-corrected chi connectivity index (χ1v) is 7.15. The smallest absolute Gasteiger partial charge is 0.229 e. The number of hydrogen-bond acceptors (Lipinski definition) is 2. The van der Waals surface area contributed by atoms with Gasteiger partial charge in [0.05, 0.1) is 5.69 Å². The first-order valence-electron chi connectivity index (χ1n) is 6.74. The Hall–Kier alpha value is -1.42. The highest BCUT2D eigenvalue weighted by Crippen LogP contribution is 2.54. The summed E-state index contributed by atoms with van der Waals surface area (Å²) in [5, 5.41) is 0. The molecule has 3 rings (SSSR count). The van der Waals surface area contributed by atoms with Gasteiger partial charge in [0.15, 0.2) is 0 Å². The zero-order chi connectivity index (χ0) is 13.6. The van der Waals surface area contributed by atoms with E-state index in [4.69, 9.17) is 18.0 Å². The number of nitrogens with two attached hydrogens (primary N) is 1. The lowest BCUT2D eigenvalue weighted by Crippen LogP contribution is -2.33. The van der Waals surface area contributed by atoms with E-state index in [-0.39, 0.29) is 11.8 Å². The Balaban J connectivity index is 1.81. The highest BCUT2D eigenvalue weighted by atomic mass is 32.1. The van der Waals surface area contributed by atoms with Crippen molar-refractivity contribution < 1.29 is 4.79 Å². The minimum absolute atomic E-state index is 0.188. The van der Waals surface area contributed by atoms with E-state index in [2.05, 4.69) is 0 Å². The first-order chi connectivity index (χ1) is 9.08. The molecule has 2 aliphatic carbocycles. The van der Waals surface area contributed by atoms with Crippen molar-refractivity contribution in [3.63, 3.8) is 0 Å². The lowest BCUT2D eigenvalue weighted by Gasteiger charge is -2.24. The van der Waals surface area contributed by atoms with Gasteiger partial charge in [-0.3, -0.25) is 4.79 Å². The Kier molecular flexibility index (Phi) is 3.05. The summed E-state index contributed by atoms with van der Waals surface area (Å²) in [5.74, 6) is 2.02. The van der Waals surface area contributed by atoms with Crippen LogP contribution in [0.3, 0.4) is 0 Å². The van der Waals surface area contributed by atoms with Crippen molar-refractivity contribution in [2.75, 3.05) is 11.9 Å². The molecule has 2 aliphatic rings. The van der Waals surface area contributed by atoms with Crippen LogP contribution < -0.4 is 10.6 Å². The minimum atomic E-state index is 0.188. The van der Waals surface area contributed by atoms with Crippen LogP contribution in [0.5, 0.6) is 0 Å². The van der Waals surface area contributed by atoms with Crippen LogP contribution >= 0.6 is 12.2 Å². The van der Waals surface area contributed by atoms with Crippen molar-refractivity contribution in [2.24, 2.45) is 23.5 Å². The molecule has 0 aromatic heterocycles. The summed E-state index contributed by atoms with van der Waals surface area (Å²) < 4.78 is 0. The summed E-state index contributed by atoms with van der Waals surface area (Å²) in [6, 6.07) is 7.57. The summed E-state index contributed by atoms with van der Waals surface area (Å²) >= 11 is 5.06. The summed E-state index contributed by atoms with van der Waals surface area (Å²) in [7, 11) is 1.82. The highest BCUT2D eigenvalue weighted by Gasteiger charge is 2.48. The molecule has 0 bridgehead atoms. The third-order valence-corrected chi connectivity index (χ3v) is 4.67. The number of amides is 1. The van der Waals surface area contributed by atoms with E-state index in [1.165, 1.54) is 6.42 Å². The zero-order valence-corrected chi connectivity index (χ0v) is 11.8. The van der Waals surface area contributed by atoms with Crippen molar-refractivity contribution in [1.29, 1.82) is 0 Å². The third-order valence-electron chi connectivity index (χ3n) is 4.45. The molecule has 0 spiro atoms. The van der Waals surface area contributed by atoms with Gasteiger partial charge in [0.25, 0.3) is 0 Å². The molecular formula is C15H18N2OS. The van der Waals surface area contributed by atoms with Crippen LogP contribution in [0.1, 0.15) is 24.8 Å². The molecule has 19 heavy (non-hydrogen) atoms. The van der Waals surface area contributed by atoms with Crippen LogP contribution in [0.2, 0.25) is 0 Å². The van der Waals surface area contributed by atoms with E-state index in [0.29, 0.717) is 4.99 Å². The number of para-hydroxylation sites is 1. The van der Waals surface area contributed by atoms with E-state index in [0.717, 1.165) is 35.9 Å². The number of carbonyl (C=O) groups excluding carboxylic acids is 1. The van der Waals surface area contributed by atoms with Crippen molar-refractivity contribution in [3.8, 4) is 0 Å². The number of anilines is 1. The van der Waals surface area contributed by atoms with E-state index in [1.807, 2.05) is 31.3 Å². The molecule has 1 aromatic rings. The predicted molar refractivity (Wildman–Crippen MR) is 80.1 cm³/mol. The average molecular weight is 274 g/mol. The van der Waals surface area contributed by atoms with Crippen molar-refractivity contribution in [1.82, 2.24) is 0 Å². The fraction of sp³-hybridized carbons (Fsp3) is 0.467. The molecule has 0 saturated heterocycles. The second kappa shape index (κ2) is 4.60. The van der Waals surface area contributed by atoms with Crippen LogP contribution in [-0.4, -0.2) is 17.9 Å². The van der Waals surface area contributed by atoms with E-state index in [9.17, 15) is 4.79 Å². The Labute approximate surface area is 118 Å². The fourth-order valence-corrected chi connectivity index (χ4v) is 3.46. The monoisotopic (exact) mass is 274 g/mol. The zero-order valence-electron chi connectivity index (χ0n) is 11.0. The lowest BCUT2D eigenvalue weighted by molar-refractivity contribution is -0.122. The molecule has 0 heterocycles. The van der Waals surface area contributed by atoms with Crippen molar-refractivity contribution in [2.45, 2.75) is 19.3 Å². The minimum Gasteiger partial charge on any atom is -0.389 e. The van der Waals surface area contributed by atoms with Crippen molar-refractivity contribution in [3.05, 3.63) is 29.8 Å². The first kappa shape index (κ1) is 12.6.